The molecule has 0 saturated heterocycles. The van der Waals surface area contributed by atoms with Gasteiger partial charge in [0.25, 0.3) is 0 Å². The number of rotatable bonds is 10. The van der Waals surface area contributed by atoms with Gasteiger partial charge in [0.15, 0.2) is 5.69 Å². The smallest absolute Gasteiger partial charge is 0.407 e. The second-order valence-corrected chi connectivity index (χ2v) is 9.81. The van der Waals surface area contributed by atoms with Crippen LogP contribution in [0.25, 0.3) is 11.1 Å². The molecule has 5 rings (SSSR count). The van der Waals surface area contributed by atoms with Gasteiger partial charge in [0.1, 0.15) is 12.6 Å². The molecule has 0 spiro atoms. The number of carbonyl (C=O) groups excluding carboxylic acids is 2. The van der Waals surface area contributed by atoms with Crippen LogP contribution in [0.5, 0.6) is 0 Å². The Kier molecular flexibility index (Phi) is 8.11. The van der Waals surface area contributed by atoms with E-state index in [0.717, 1.165) is 27.8 Å². The molecule has 3 N–H and O–H groups in total. The zero-order chi connectivity index (χ0) is 28.9. The lowest BCUT2D eigenvalue weighted by atomic mass is 9.98. The monoisotopic (exact) mass is 554 g/mol. The van der Waals surface area contributed by atoms with Crippen molar-refractivity contribution in [3.05, 3.63) is 107 Å². The van der Waals surface area contributed by atoms with Gasteiger partial charge in [0.05, 0.1) is 18.4 Å². The number of nitrogens with one attached hydrogen (secondary N) is 2. The molecule has 1 aliphatic rings. The topological polar surface area (TPSA) is 132 Å². The van der Waals surface area contributed by atoms with Crippen molar-refractivity contribution >= 4 is 23.7 Å². The summed E-state index contributed by atoms with van der Waals surface area (Å²) < 4.78 is 12.9. The highest BCUT2D eigenvalue weighted by molar-refractivity contribution is 6.02. The van der Waals surface area contributed by atoms with Gasteiger partial charge in [0, 0.05) is 19.2 Å². The summed E-state index contributed by atoms with van der Waals surface area (Å²) in [6.45, 7) is 1.92. The van der Waals surface area contributed by atoms with E-state index in [0.29, 0.717) is 0 Å². The molecule has 0 bridgehead atoms. The van der Waals surface area contributed by atoms with E-state index >= 15 is 0 Å². The normalized spacial score (nSPS) is 13.5. The van der Waals surface area contributed by atoms with Crippen LogP contribution >= 0.6 is 0 Å². The van der Waals surface area contributed by atoms with E-state index in [1.54, 1.807) is 14.0 Å². The zero-order valence-electron chi connectivity index (χ0n) is 22.6. The molecule has 210 valence electrons. The van der Waals surface area contributed by atoms with Gasteiger partial charge < -0.3 is 25.2 Å². The number of aromatic nitrogens is 2. The van der Waals surface area contributed by atoms with Crippen molar-refractivity contribution in [2.75, 3.05) is 11.9 Å². The van der Waals surface area contributed by atoms with Crippen molar-refractivity contribution < 1.29 is 29.0 Å². The number of aromatic carboxylic acids is 1. The fraction of sp³-hybridized carbons (Fsp3) is 0.226. The molecular formula is C31H30N4O6. The Balaban J connectivity index is 1.30. The molecule has 2 amide bonds. The number of carboxylic acid groups (broad SMARTS) is 1. The molecule has 2 unspecified atom stereocenters. The third-order valence-electron chi connectivity index (χ3n) is 7.01. The van der Waals surface area contributed by atoms with Crippen LogP contribution in [0.3, 0.4) is 0 Å². The fourth-order valence-electron chi connectivity index (χ4n) is 5.01. The van der Waals surface area contributed by atoms with Gasteiger partial charge in [-0.15, -0.1) is 0 Å². The van der Waals surface area contributed by atoms with Crippen LogP contribution in [0.15, 0.2) is 85.1 Å². The van der Waals surface area contributed by atoms with E-state index in [1.807, 2.05) is 78.9 Å². The maximum absolute atomic E-state index is 13.4. The number of anilines is 1. The lowest BCUT2D eigenvalue weighted by molar-refractivity contribution is -0.121. The number of carboxylic acids is 1. The highest BCUT2D eigenvalue weighted by atomic mass is 16.5. The van der Waals surface area contributed by atoms with Crippen LogP contribution in [0, 0.1) is 0 Å². The molecule has 1 heterocycles. The highest BCUT2D eigenvalue weighted by Crippen LogP contribution is 2.44. The van der Waals surface area contributed by atoms with Crippen molar-refractivity contribution in [2.24, 2.45) is 7.05 Å². The summed E-state index contributed by atoms with van der Waals surface area (Å²) in [5.74, 6) is -2.12. The summed E-state index contributed by atoms with van der Waals surface area (Å²) in [7, 11) is 1.54. The first-order chi connectivity index (χ1) is 19.8. The minimum Gasteiger partial charge on any atom is -0.476 e. The molecule has 10 heteroatoms. The van der Waals surface area contributed by atoms with E-state index < -0.39 is 30.1 Å². The first kappa shape index (κ1) is 27.6. The quantitative estimate of drug-likeness (QED) is 0.262. The Bertz CT molecular complexity index is 1520. The van der Waals surface area contributed by atoms with Crippen molar-refractivity contribution in [3.8, 4) is 11.1 Å². The standard InChI is InChI=1S/C31H30N4O6/c1-19(40-17-20-10-4-3-5-11-20)27(29(36)32-26-16-35(2)34-28(26)30(37)38)33-31(39)41-18-25-23-14-8-6-12-21(23)22-13-7-9-15-24(22)25/h3-16,19,25,27H,17-18H2,1-2H3,(H,32,36)(H,33,39)(H,37,38). The van der Waals surface area contributed by atoms with E-state index in [1.165, 1.54) is 10.9 Å². The maximum atomic E-state index is 13.4. The molecule has 0 radical (unpaired) electrons. The van der Waals surface area contributed by atoms with Crippen LogP contribution < -0.4 is 10.6 Å². The Morgan fingerprint density at radius 2 is 1.56 bits per heavy atom. The fourth-order valence-corrected chi connectivity index (χ4v) is 5.01. The second kappa shape index (κ2) is 12.1. The van der Waals surface area contributed by atoms with Gasteiger partial charge in [-0.1, -0.05) is 78.9 Å². The Morgan fingerprint density at radius 3 is 2.20 bits per heavy atom. The van der Waals surface area contributed by atoms with Crippen LogP contribution in [0.4, 0.5) is 10.5 Å². The van der Waals surface area contributed by atoms with Crippen LogP contribution in [0.2, 0.25) is 0 Å². The first-order valence-electron chi connectivity index (χ1n) is 13.2. The number of amides is 2. The SMILES string of the molecule is CC(OCc1ccccc1)C(NC(=O)OCC1c2ccccc2-c2ccccc21)C(=O)Nc1cn(C)nc1C(=O)O. The second-order valence-electron chi connectivity index (χ2n) is 9.81. The third kappa shape index (κ3) is 6.12. The average molecular weight is 555 g/mol. The van der Waals surface area contributed by atoms with E-state index in [-0.39, 0.29) is 30.5 Å². The largest absolute Gasteiger partial charge is 0.476 e. The lowest BCUT2D eigenvalue weighted by Crippen LogP contribution is -2.51. The zero-order valence-corrected chi connectivity index (χ0v) is 22.6. The molecule has 10 nitrogen and oxygen atoms in total. The maximum Gasteiger partial charge on any atom is 0.407 e. The molecule has 1 aliphatic carbocycles. The number of benzene rings is 3. The van der Waals surface area contributed by atoms with Gasteiger partial charge >= 0.3 is 12.1 Å². The molecule has 0 saturated carbocycles. The summed E-state index contributed by atoms with van der Waals surface area (Å²) in [5.41, 5.74) is 4.89. The molecule has 4 aromatic rings. The predicted molar refractivity (Wildman–Crippen MR) is 151 cm³/mol. The Labute approximate surface area is 236 Å². The molecular weight excluding hydrogens is 524 g/mol. The van der Waals surface area contributed by atoms with E-state index in [4.69, 9.17) is 9.47 Å². The van der Waals surface area contributed by atoms with Crippen LogP contribution in [-0.2, 0) is 27.9 Å². The number of ether oxygens (including phenoxy) is 2. The number of aryl methyl sites for hydroxylation is 1. The average Bonchev–Trinajstić information content (AvgIpc) is 3.51. The third-order valence-corrected chi connectivity index (χ3v) is 7.01. The van der Waals surface area contributed by atoms with E-state index in [2.05, 4.69) is 15.7 Å². The molecule has 1 aromatic heterocycles. The van der Waals surface area contributed by atoms with Crippen LogP contribution in [0.1, 0.15) is 40.0 Å². The molecule has 3 aromatic carbocycles. The number of alkyl carbamates (subject to hydrolysis) is 1. The molecule has 0 fully saturated rings. The number of hydrogen-bond donors (Lipinski definition) is 3. The first-order valence-corrected chi connectivity index (χ1v) is 13.2. The lowest BCUT2D eigenvalue weighted by Gasteiger charge is -2.25. The van der Waals surface area contributed by atoms with Crippen molar-refractivity contribution in [2.45, 2.75) is 31.6 Å². The predicted octanol–water partition coefficient (Wildman–Crippen LogP) is 4.57. The molecule has 0 aliphatic heterocycles. The van der Waals surface area contributed by atoms with Crippen molar-refractivity contribution in [1.82, 2.24) is 15.1 Å². The number of nitrogens with zero attached hydrogens (tertiary/aromatic N) is 2. The summed E-state index contributed by atoms with van der Waals surface area (Å²) >= 11 is 0. The van der Waals surface area contributed by atoms with Crippen LogP contribution in [-0.4, -0.2) is 51.6 Å². The summed E-state index contributed by atoms with van der Waals surface area (Å²) in [5, 5.41) is 18.5. The highest BCUT2D eigenvalue weighted by Gasteiger charge is 2.32. The van der Waals surface area contributed by atoms with Crippen molar-refractivity contribution in [3.63, 3.8) is 0 Å². The molecule has 2 atom stereocenters. The summed E-state index contributed by atoms with van der Waals surface area (Å²) in [6, 6.07) is 24.2. The van der Waals surface area contributed by atoms with Gasteiger partial charge in [-0.3, -0.25) is 9.48 Å². The minimum absolute atomic E-state index is 0.000374. The van der Waals surface area contributed by atoms with Gasteiger partial charge in [-0.25, -0.2) is 9.59 Å². The number of hydrogen-bond acceptors (Lipinski definition) is 6. The summed E-state index contributed by atoms with van der Waals surface area (Å²) in [4.78, 5) is 38.1. The van der Waals surface area contributed by atoms with Crippen molar-refractivity contribution in [1.29, 1.82) is 0 Å². The number of carbonyl (C=O) groups is 3. The van der Waals surface area contributed by atoms with Gasteiger partial charge in [0.2, 0.25) is 5.91 Å². The number of fused-ring (bicyclic) bond motifs is 3. The minimum atomic E-state index is -1.30. The molecule has 41 heavy (non-hydrogen) atoms. The Hall–Kier alpha value is -4.96. The van der Waals surface area contributed by atoms with Gasteiger partial charge in [-0.2, -0.15) is 5.10 Å². The summed E-state index contributed by atoms with van der Waals surface area (Å²) in [6.07, 6.45) is -0.214. The van der Waals surface area contributed by atoms with Gasteiger partial charge in [-0.05, 0) is 34.7 Å². The Morgan fingerprint density at radius 1 is 0.951 bits per heavy atom. The van der Waals surface area contributed by atoms with E-state index in [9.17, 15) is 19.5 Å².